The lowest BCUT2D eigenvalue weighted by Gasteiger charge is -2.12. The number of fused-ring (bicyclic) bond motifs is 1. The third-order valence-electron chi connectivity index (χ3n) is 3.11. The highest BCUT2D eigenvalue weighted by Crippen LogP contribution is 2.26. The van der Waals surface area contributed by atoms with Crippen LogP contribution in [0.2, 0.25) is 0 Å². The van der Waals surface area contributed by atoms with Crippen molar-refractivity contribution < 1.29 is 13.5 Å². The highest BCUT2D eigenvalue weighted by Gasteiger charge is 2.16. The Bertz CT molecular complexity index is 818. The van der Waals surface area contributed by atoms with E-state index in [1.807, 2.05) is 18.2 Å². The summed E-state index contributed by atoms with van der Waals surface area (Å²) in [7, 11) is 0. The van der Waals surface area contributed by atoms with Gasteiger partial charge in [0.05, 0.1) is 10.9 Å². The number of para-hydroxylation sites is 1. The number of thiocarbonyl (C=S) groups is 1. The second-order valence-corrected chi connectivity index (χ2v) is 4.76. The van der Waals surface area contributed by atoms with Gasteiger partial charge in [-0.2, -0.15) is 4.99 Å². The van der Waals surface area contributed by atoms with Crippen molar-refractivity contribution in [1.29, 1.82) is 0 Å². The molecule has 3 nitrogen and oxygen atoms in total. The van der Waals surface area contributed by atoms with Crippen molar-refractivity contribution in [3.63, 3.8) is 0 Å². The number of isothiocyanates is 1. The van der Waals surface area contributed by atoms with Crippen molar-refractivity contribution >= 4 is 28.3 Å². The number of rotatable bonds is 4. The van der Waals surface area contributed by atoms with Gasteiger partial charge in [0.15, 0.2) is 11.6 Å². The second kappa shape index (κ2) is 6.05. The highest BCUT2D eigenvalue weighted by atomic mass is 32.1. The summed E-state index contributed by atoms with van der Waals surface area (Å²) in [6.45, 7) is 0. The summed E-state index contributed by atoms with van der Waals surface area (Å²) >= 11 is 4.64. The minimum Gasteiger partial charge on any atom is -0.462 e. The molecular weight excluding hydrogens is 306 g/mol. The van der Waals surface area contributed by atoms with Crippen LogP contribution in [0.4, 0.5) is 8.78 Å². The van der Waals surface area contributed by atoms with E-state index >= 15 is 0 Å². The summed E-state index contributed by atoms with van der Waals surface area (Å²) in [4.78, 5) is 6.91. The van der Waals surface area contributed by atoms with Gasteiger partial charge >= 0.3 is 0 Å². The zero-order chi connectivity index (χ0) is 15.5. The van der Waals surface area contributed by atoms with Crippen LogP contribution in [0, 0.1) is 11.6 Å². The molecule has 1 aromatic heterocycles. The van der Waals surface area contributed by atoms with E-state index in [4.69, 9.17) is 4.74 Å². The van der Waals surface area contributed by atoms with Gasteiger partial charge in [-0.05, 0) is 36.5 Å². The molecule has 3 rings (SSSR count). The van der Waals surface area contributed by atoms with Crippen molar-refractivity contribution in [2.75, 3.05) is 0 Å². The van der Waals surface area contributed by atoms with E-state index in [2.05, 4.69) is 27.4 Å². The maximum atomic E-state index is 13.3. The van der Waals surface area contributed by atoms with Crippen molar-refractivity contribution in [2.45, 2.75) is 6.23 Å². The number of nitrogens with one attached hydrogen (secondary N) is 1. The Balaban J connectivity index is 1.99. The Morgan fingerprint density at radius 1 is 1.09 bits per heavy atom. The molecule has 0 aliphatic rings. The van der Waals surface area contributed by atoms with Gasteiger partial charge in [0.1, 0.15) is 5.75 Å². The number of hydrogen-bond acceptors (Lipinski definition) is 3. The summed E-state index contributed by atoms with van der Waals surface area (Å²) < 4.78 is 32.3. The molecule has 110 valence electrons. The first-order chi connectivity index (χ1) is 10.7. The van der Waals surface area contributed by atoms with Gasteiger partial charge in [-0.25, -0.2) is 8.78 Å². The molecule has 1 unspecified atom stereocenters. The van der Waals surface area contributed by atoms with Crippen LogP contribution >= 0.6 is 12.2 Å². The van der Waals surface area contributed by atoms with Crippen LogP contribution in [-0.4, -0.2) is 10.1 Å². The number of aromatic nitrogens is 1. The van der Waals surface area contributed by atoms with Crippen molar-refractivity contribution in [2.24, 2.45) is 4.99 Å². The van der Waals surface area contributed by atoms with E-state index in [-0.39, 0.29) is 0 Å². The van der Waals surface area contributed by atoms with Crippen LogP contribution < -0.4 is 4.74 Å². The van der Waals surface area contributed by atoms with Gasteiger partial charge in [-0.15, -0.1) is 0 Å². The molecule has 1 N–H and O–H groups in total. The van der Waals surface area contributed by atoms with Gasteiger partial charge in [0, 0.05) is 17.0 Å². The van der Waals surface area contributed by atoms with E-state index in [0.717, 1.165) is 12.1 Å². The number of halogens is 2. The van der Waals surface area contributed by atoms with Crippen LogP contribution in [0.15, 0.2) is 53.5 Å². The number of H-pyrrole nitrogens is 1. The second-order valence-electron chi connectivity index (χ2n) is 4.58. The quantitative estimate of drug-likeness (QED) is 0.563. The molecule has 0 radical (unpaired) electrons. The molecule has 0 bridgehead atoms. The summed E-state index contributed by atoms with van der Waals surface area (Å²) in [5.41, 5.74) is 0.983. The van der Waals surface area contributed by atoms with Crippen LogP contribution in [-0.2, 0) is 0 Å². The smallest absolute Gasteiger partial charge is 0.239 e. The fourth-order valence-electron chi connectivity index (χ4n) is 2.12. The molecule has 6 heteroatoms. The molecule has 0 aliphatic heterocycles. The van der Waals surface area contributed by atoms with Gasteiger partial charge in [-0.1, -0.05) is 18.2 Å². The zero-order valence-electron chi connectivity index (χ0n) is 11.2. The Morgan fingerprint density at radius 3 is 2.55 bits per heavy atom. The Hall–Kier alpha value is -2.56. The lowest BCUT2D eigenvalue weighted by Crippen LogP contribution is -2.04. The topological polar surface area (TPSA) is 37.4 Å². The predicted octanol–water partition coefficient (Wildman–Crippen LogP) is 4.63. The standard InChI is InChI=1S/C16H10F2N2OS/c17-12-6-10-7-15(20-14(10)8-13(12)18)16(19-9-22)21-11-4-2-1-3-5-11/h1-8,16,20H. The SMILES string of the molecule is Fc1cc2cc(C(N=C=S)Oc3ccccc3)[nH]c2cc1F. The Labute approximate surface area is 130 Å². The highest BCUT2D eigenvalue weighted by molar-refractivity contribution is 7.78. The average molecular weight is 316 g/mol. The summed E-state index contributed by atoms with van der Waals surface area (Å²) in [6.07, 6.45) is -0.765. The number of aromatic amines is 1. The Kier molecular flexibility index (Phi) is 3.96. The summed E-state index contributed by atoms with van der Waals surface area (Å²) in [5, 5.41) is 2.79. The first kappa shape index (κ1) is 14.4. The fourth-order valence-corrected chi connectivity index (χ4v) is 2.21. The third-order valence-corrected chi connectivity index (χ3v) is 3.21. The normalized spacial score (nSPS) is 11.9. The third kappa shape index (κ3) is 2.88. The molecule has 0 saturated heterocycles. The minimum atomic E-state index is -0.917. The van der Waals surface area contributed by atoms with Crippen molar-refractivity contribution in [1.82, 2.24) is 4.98 Å². The summed E-state index contributed by atoms with van der Waals surface area (Å²) in [5.74, 6) is -1.23. The van der Waals surface area contributed by atoms with Crippen LogP contribution in [0.5, 0.6) is 5.75 Å². The van der Waals surface area contributed by atoms with E-state index in [1.54, 1.807) is 18.2 Å². The number of aliphatic imine (C=N–C) groups is 1. The predicted molar refractivity (Wildman–Crippen MR) is 83.1 cm³/mol. The number of hydrogen-bond donors (Lipinski definition) is 1. The molecule has 1 heterocycles. The van der Waals surface area contributed by atoms with Gasteiger partial charge < -0.3 is 9.72 Å². The van der Waals surface area contributed by atoms with Crippen LogP contribution in [0.3, 0.4) is 0 Å². The van der Waals surface area contributed by atoms with Gasteiger partial charge in [-0.3, -0.25) is 0 Å². The molecule has 2 aromatic carbocycles. The molecule has 0 amide bonds. The monoisotopic (exact) mass is 316 g/mol. The maximum absolute atomic E-state index is 13.3. The van der Waals surface area contributed by atoms with Crippen molar-refractivity contribution in [3.05, 3.63) is 65.9 Å². The molecule has 0 spiro atoms. The van der Waals surface area contributed by atoms with E-state index in [1.165, 1.54) is 0 Å². The van der Waals surface area contributed by atoms with E-state index in [0.29, 0.717) is 22.3 Å². The largest absolute Gasteiger partial charge is 0.462 e. The van der Waals surface area contributed by atoms with E-state index in [9.17, 15) is 8.78 Å². The average Bonchev–Trinajstić information content (AvgIpc) is 2.91. The van der Waals surface area contributed by atoms with E-state index < -0.39 is 17.9 Å². The summed E-state index contributed by atoms with van der Waals surface area (Å²) in [6, 6.07) is 12.9. The van der Waals surface area contributed by atoms with Crippen LogP contribution in [0.1, 0.15) is 11.9 Å². The lowest BCUT2D eigenvalue weighted by molar-refractivity contribution is 0.213. The Morgan fingerprint density at radius 2 is 1.82 bits per heavy atom. The molecule has 0 saturated carbocycles. The molecule has 0 aliphatic carbocycles. The number of nitrogens with zero attached hydrogens (tertiary/aromatic N) is 1. The van der Waals surface area contributed by atoms with Gasteiger partial charge in [0.2, 0.25) is 6.23 Å². The maximum Gasteiger partial charge on any atom is 0.239 e. The molecular formula is C16H10F2N2OS. The molecule has 0 fully saturated rings. The first-order valence-electron chi connectivity index (χ1n) is 6.44. The molecule has 22 heavy (non-hydrogen) atoms. The van der Waals surface area contributed by atoms with Gasteiger partial charge in [0.25, 0.3) is 0 Å². The lowest BCUT2D eigenvalue weighted by atomic mass is 10.2. The van der Waals surface area contributed by atoms with Crippen LogP contribution in [0.25, 0.3) is 10.9 Å². The fraction of sp³-hybridized carbons (Fsp3) is 0.0625. The molecule has 1 atom stereocenters. The minimum absolute atomic E-state index is 0.454. The molecule has 3 aromatic rings. The number of benzene rings is 2. The first-order valence-corrected chi connectivity index (χ1v) is 6.84. The zero-order valence-corrected chi connectivity index (χ0v) is 12.0. The van der Waals surface area contributed by atoms with Crippen molar-refractivity contribution in [3.8, 4) is 5.75 Å². The number of ether oxygens (including phenoxy) is 1.